The summed E-state index contributed by atoms with van der Waals surface area (Å²) in [6.07, 6.45) is 1.74. The minimum Gasteiger partial charge on any atom is -0.388 e. The van der Waals surface area contributed by atoms with E-state index in [-0.39, 0.29) is 11.0 Å². The molecule has 0 saturated carbocycles. The molecular weight excluding hydrogens is 278 g/mol. The average Bonchev–Trinajstić information content (AvgIpc) is 2.98. The molecule has 0 spiro atoms. The Morgan fingerprint density at radius 2 is 2.30 bits per heavy atom. The molecule has 5 nitrogen and oxygen atoms in total. The third kappa shape index (κ3) is 3.79. The minimum absolute atomic E-state index is 0.0332. The van der Waals surface area contributed by atoms with E-state index in [0.717, 1.165) is 12.8 Å². The van der Waals surface area contributed by atoms with Gasteiger partial charge < -0.3 is 9.84 Å². The molecule has 2 atom stereocenters. The highest BCUT2D eigenvalue weighted by atomic mass is 32.2. The molecule has 0 radical (unpaired) electrons. The van der Waals surface area contributed by atoms with Gasteiger partial charge in [-0.3, -0.25) is 0 Å². The predicted molar refractivity (Wildman–Crippen MR) is 75.9 cm³/mol. The zero-order valence-corrected chi connectivity index (χ0v) is 12.4. The van der Waals surface area contributed by atoms with E-state index in [0.29, 0.717) is 25.1 Å². The van der Waals surface area contributed by atoms with Crippen LogP contribution in [0, 0.1) is 0 Å². The van der Waals surface area contributed by atoms with Gasteiger partial charge in [-0.05, 0) is 37.0 Å². The number of benzene rings is 1. The molecule has 0 aromatic heterocycles. The molecule has 1 aliphatic rings. The van der Waals surface area contributed by atoms with E-state index in [1.165, 1.54) is 12.1 Å². The van der Waals surface area contributed by atoms with Crippen molar-refractivity contribution in [2.75, 3.05) is 13.2 Å². The monoisotopic (exact) mass is 299 g/mol. The number of aliphatic hydroxyl groups is 1. The summed E-state index contributed by atoms with van der Waals surface area (Å²) in [6, 6.07) is 6.43. The molecule has 2 N–H and O–H groups in total. The van der Waals surface area contributed by atoms with E-state index in [4.69, 9.17) is 4.74 Å². The second kappa shape index (κ2) is 6.67. The van der Waals surface area contributed by atoms with Gasteiger partial charge in [0, 0.05) is 13.2 Å². The first-order valence-electron chi connectivity index (χ1n) is 6.92. The fourth-order valence-corrected chi connectivity index (χ4v) is 3.34. The summed E-state index contributed by atoms with van der Waals surface area (Å²) in [7, 11) is -3.55. The van der Waals surface area contributed by atoms with Crippen molar-refractivity contribution >= 4 is 10.0 Å². The average molecular weight is 299 g/mol. The van der Waals surface area contributed by atoms with Gasteiger partial charge in [0.1, 0.15) is 0 Å². The topological polar surface area (TPSA) is 75.6 Å². The lowest BCUT2D eigenvalue weighted by Gasteiger charge is -2.13. The Bertz CT molecular complexity index is 538. The Hall–Kier alpha value is -0.950. The van der Waals surface area contributed by atoms with Crippen LogP contribution in [-0.4, -0.2) is 32.8 Å². The fraction of sp³-hybridized carbons (Fsp3) is 0.571. The van der Waals surface area contributed by atoms with E-state index in [1.807, 2.05) is 6.92 Å². The van der Waals surface area contributed by atoms with Crippen LogP contribution in [-0.2, 0) is 14.8 Å². The molecule has 6 heteroatoms. The van der Waals surface area contributed by atoms with Crippen LogP contribution in [0.2, 0.25) is 0 Å². The van der Waals surface area contributed by atoms with Crippen LogP contribution in [0.15, 0.2) is 29.2 Å². The van der Waals surface area contributed by atoms with Crippen molar-refractivity contribution in [3.8, 4) is 0 Å². The van der Waals surface area contributed by atoms with Gasteiger partial charge in [0.25, 0.3) is 0 Å². The summed E-state index contributed by atoms with van der Waals surface area (Å²) in [4.78, 5) is 0.181. The Labute approximate surface area is 120 Å². The smallest absolute Gasteiger partial charge is 0.240 e. The Kier molecular flexibility index (Phi) is 5.15. The van der Waals surface area contributed by atoms with Gasteiger partial charge >= 0.3 is 0 Å². The predicted octanol–water partition coefficient (Wildman–Crippen LogP) is 1.59. The molecule has 112 valence electrons. The molecule has 0 aliphatic carbocycles. The summed E-state index contributed by atoms with van der Waals surface area (Å²) < 4.78 is 32.4. The summed E-state index contributed by atoms with van der Waals surface area (Å²) in [6.45, 7) is 2.84. The van der Waals surface area contributed by atoms with Crippen molar-refractivity contribution < 1.29 is 18.3 Å². The van der Waals surface area contributed by atoms with Crippen molar-refractivity contribution in [1.82, 2.24) is 4.72 Å². The number of hydrogen-bond donors (Lipinski definition) is 2. The third-order valence-electron chi connectivity index (χ3n) is 3.46. The Morgan fingerprint density at radius 1 is 1.50 bits per heavy atom. The van der Waals surface area contributed by atoms with Crippen LogP contribution in [0.4, 0.5) is 0 Å². The summed E-state index contributed by atoms with van der Waals surface area (Å²) in [5, 5.41) is 9.79. The van der Waals surface area contributed by atoms with Crippen molar-refractivity contribution in [1.29, 1.82) is 0 Å². The maximum Gasteiger partial charge on any atom is 0.240 e. The SMILES string of the molecule is CCC(O)c1cccc(S(=O)(=O)NCC2CCCO2)c1. The van der Waals surface area contributed by atoms with Gasteiger partial charge in [0.15, 0.2) is 0 Å². The number of sulfonamides is 1. The molecule has 2 unspecified atom stereocenters. The standard InChI is InChI=1S/C14H21NO4S/c1-2-14(16)11-5-3-7-13(9-11)20(17,18)15-10-12-6-4-8-19-12/h3,5,7,9,12,14-16H,2,4,6,8,10H2,1H3. The zero-order chi connectivity index (χ0) is 14.6. The second-order valence-electron chi connectivity index (χ2n) is 4.98. The van der Waals surface area contributed by atoms with E-state index in [9.17, 15) is 13.5 Å². The lowest BCUT2D eigenvalue weighted by Crippen LogP contribution is -2.31. The van der Waals surface area contributed by atoms with Crippen molar-refractivity contribution in [3.63, 3.8) is 0 Å². The molecule has 1 fully saturated rings. The number of nitrogens with one attached hydrogen (secondary N) is 1. The molecule has 0 bridgehead atoms. The second-order valence-corrected chi connectivity index (χ2v) is 6.75. The van der Waals surface area contributed by atoms with Crippen LogP contribution in [0.1, 0.15) is 37.9 Å². The van der Waals surface area contributed by atoms with Gasteiger partial charge in [-0.2, -0.15) is 0 Å². The van der Waals surface area contributed by atoms with Gasteiger partial charge in [-0.15, -0.1) is 0 Å². The molecule has 1 heterocycles. The fourth-order valence-electron chi connectivity index (χ4n) is 2.22. The van der Waals surface area contributed by atoms with E-state index in [2.05, 4.69) is 4.72 Å². The molecule has 1 saturated heterocycles. The van der Waals surface area contributed by atoms with Gasteiger partial charge in [0.2, 0.25) is 10.0 Å². The molecule has 1 aromatic rings. The van der Waals surface area contributed by atoms with Crippen molar-refractivity contribution in [2.45, 2.75) is 43.3 Å². The number of ether oxygens (including phenoxy) is 1. The molecule has 1 aromatic carbocycles. The molecular formula is C14H21NO4S. The molecule has 0 amide bonds. The third-order valence-corrected chi connectivity index (χ3v) is 4.89. The van der Waals surface area contributed by atoms with E-state index < -0.39 is 16.1 Å². The summed E-state index contributed by atoms with van der Waals surface area (Å²) in [5.74, 6) is 0. The maximum atomic E-state index is 12.2. The normalized spacial score (nSPS) is 21.0. The van der Waals surface area contributed by atoms with Crippen LogP contribution < -0.4 is 4.72 Å². The summed E-state index contributed by atoms with van der Waals surface area (Å²) >= 11 is 0. The lowest BCUT2D eigenvalue weighted by atomic mass is 10.1. The number of rotatable bonds is 6. The lowest BCUT2D eigenvalue weighted by molar-refractivity contribution is 0.114. The quantitative estimate of drug-likeness (QED) is 0.836. The zero-order valence-electron chi connectivity index (χ0n) is 11.6. The van der Waals surface area contributed by atoms with Crippen LogP contribution in [0.5, 0.6) is 0 Å². The first kappa shape index (κ1) is 15.4. The molecule has 1 aliphatic heterocycles. The van der Waals surface area contributed by atoms with Crippen molar-refractivity contribution in [2.24, 2.45) is 0 Å². The highest BCUT2D eigenvalue weighted by molar-refractivity contribution is 7.89. The Morgan fingerprint density at radius 3 is 2.95 bits per heavy atom. The number of hydrogen-bond acceptors (Lipinski definition) is 4. The first-order valence-corrected chi connectivity index (χ1v) is 8.40. The minimum atomic E-state index is -3.55. The molecule has 20 heavy (non-hydrogen) atoms. The van der Waals surface area contributed by atoms with E-state index in [1.54, 1.807) is 12.1 Å². The molecule has 2 rings (SSSR count). The first-order chi connectivity index (χ1) is 9.53. The Balaban J connectivity index is 2.08. The highest BCUT2D eigenvalue weighted by Crippen LogP contribution is 2.20. The van der Waals surface area contributed by atoms with Gasteiger partial charge in [0.05, 0.1) is 17.1 Å². The maximum absolute atomic E-state index is 12.2. The van der Waals surface area contributed by atoms with Crippen molar-refractivity contribution in [3.05, 3.63) is 29.8 Å². The largest absolute Gasteiger partial charge is 0.388 e. The highest BCUT2D eigenvalue weighted by Gasteiger charge is 2.20. The van der Waals surface area contributed by atoms with Crippen LogP contribution in [0.25, 0.3) is 0 Å². The van der Waals surface area contributed by atoms with E-state index >= 15 is 0 Å². The van der Waals surface area contributed by atoms with Crippen LogP contribution >= 0.6 is 0 Å². The van der Waals surface area contributed by atoms with Crippen LogP contribution in [0.3, 0.4) is 0 Å². The van der Waals surface area contributed by atoms with Gasteiger partial charge in [-0.1, -0.05) is 19.1 Å². The summed E-state index contributed by atoms with van der Waals surface area (Å²) in [5.41, 5.74) is 0.618. The van der Waals surface area contributed by atoms with Gasteiger partial charge in [-0.25, -0.2) is 13.1 Å². The number of aliphatic hydroxyl groups excluding tert-OH is 1.